The highest BCUT2D eigenvalue weighted by Crippen LogP contribution is 2.19. The predicted molar refractivity (Wildman–Crippen MR) is 88.3 cm³/mol. The maximum atomic E-state index is 11.5. The molecule has 0 unspecified atom stereocenters. The maximum Gasteiger partial charge on any atom is 0.254 e. The quantitative estimate of drug-likeness (QED) is 0.731. The SMILES string of the molecule is CCC(CC)Nc1nc(Nc2ccccc2)ncc1C(N)=O. The fourth-order valence-corrected chi connectivity index (χ4v) is 2.07. The molecule has 22 heavy (non-hydrogen) atoms. The lowest BCUT2D eigenvalue weighted by atomic mass is 10.1. The summed E-state index contributed by atoms with van der Waals surface area (Å²) in [5.41, 5.74) is 6.57. The van der Waals surface area contributed by atoms with Crippen LogP contribution < -0.4 is 16.4 Å². The van der Waals surface area contributed by atoms with Gasteiger partial charge in [0, 0.05) is 17.9 Å². The minimum Gasteiger partial charge on any atom is -0.367 e. The highest BCUT2D eigenvalue weighted by atomic mass is 16.1. The molecule has 1 heterocycles. The Bertz CT molecular complexity index is 626. The third-order valence-corrected chi connectivity index (χ3v) is 3.41. The van der Waals surface area contributed by atoms with Gasteiger partial charge in [-0.3, -0.25) is 4.79 Å². The van der Waals surface area contributed by atoms with Crippen molar-refractivity contribution in [2.24, 2.45) is 5.73 Å². The van der Waals surface area contributed by atoms with E-state index in [9.17, 15) is 4.79 Å². The van der Waals surface area contributed by atoms with E-state index in [1.54, 1.807) is 0 Å². The van der Waals surface area contributed by atoms with Crippen LogP contribution in [-0.4, -0.2) is 21.9 Å². The summed E-state index contributed by atoms with van der Waals surface area (Å²) >= 11 is 0. The topological polar surface area (TPSA) is 92.9 Å². The van der Waals surface area contributed by atoms with Crippen LogP contribution in [0.1, 0.15) is 37.0 Å². The normalized spacial score (nSPS) is 10.5. The number of rotatable bonds is 7. The van der Waals surface area contributed by atoms with Crippen molar-refractivity contribution in [2.45, 2.75) is 32.7 Å². The number of nitrogens with two attached hydrogens (primary N) is 1. The number of nitrogens with zero attached hydrogens (tertiary/aromatic N) is 2. The summed E-state index contributed by atoms with van der Waals surface area (Å²) < 4.78 is 0. The van der Waals surface area contributed by atoms with E-state index in [2.05, 4.69) is 34.4 Å². The highest BCUT2D eigenvalue weighted by Gasteiger charge is 2.14. The number of aromatic nitrogens is 2. The Balaban J connectivity index is 2.28. The molecular formula is C16H21N5O. The number of anilines is 3. The van der Waals surface area contributed by atoms with E-state index >= 15 is 0 Å². The van der Waals surface area contributed by atoms with Gasteiger partial charge in [-0.15, -0.1) is 0 Å². The molecule has 1 amide bonds. The van der Waals surface area contributed by atoms with Crippen LogP contribution in [0.5, 0.6) is 0 Å². The molecule has 6 nitrogen and oxygen atoms in total. The van der Waals surface area contributed by atoms with Crippen LogP contribution in [0.4, 0.5) is 17.5 Å². The first kappa shape index (κ1) is 15.8. The fourth-order valence-electron chi connectivity index (χ4n) is 2.07. The summed E-state index contributed by atoms with van der Waals surface area (Å²) in [6.07, 6.45) is 3.31. The zero-order valence-corrected chi connectivity index (χ0v) is 12.8. The minimum atomic E-state index is -0.542. The van der Waals surface area contributed by atoms with Gasteiger partial charge in [-0.1, -0.05) is 32.0 Å². The van der Waals surface area contributed by atoms with Crippen molar-refractivity contribution in [1.82, 2.24) is 9.97 Å². The second kappa shape index (κ2) is 7.40. The number of hydrogen-bond acceptors (Lipinski definition) is 5. The molecule has 0 aliphatic carbocycles. The van der Waals surface area contributed by atoms with E-state index < -0.39 is 5.91 Å². The van der Waals surface area contributed by atoms with Gasteiger partial charge in [-0.05, 0) is 25.0 Å². The van der Waals surface area contributed by atoms with Gasteiger partial charge >= 0.3 is 0 Å². The molecule has 0 bridgehead atoms. The molecule has 0 aliphatic rings. The summed E-state index contributed by atoms with van der Waals surface area (Å²) in [5, 5.41) is 6.37. The number of primary amides is 1. The summed E-state index contributed by atoms with van der Waals surface area (Å²) in [7, 11) is 0. The van der Waals surface area contributed by atoms with Crippen LogP contribution in [0, 0.1) is 0 Å². The van der Waals surface area contributed by atoms with Crippen molar-refractivity contribution in [3.8, 4) is 0 Å². The fraction of sp³-hybridized carbons (Fsp3) is 0.312. The number of benzene rings is 1. The number of carbonyl (C=O) groups excluding carboxylic acids is 1. The van der Waals surface area contributed by atoms with Gasteiger partial charge in [-0.2, -0.15) is 4.98 Å². The van der Waals surface area contributed by atoms with Gasteiger partial charge in [0.2, 0.25) is 5.95 Å². The molecular weight excluding hydrogens is 278 g/mol. The van der Waals surface area contributed by atoms with Crippen molar-refractivity contribution >= 4 is 23.4 Å². The van der Waals surface area contributed by atoms with Crippen LogP contribution in [0.2, 0.25) is 0 Å². The third kappa shape index (κ3) is 3.94. The zero-order chi connectivity index (χ0) is 15.9. The molecule has 2 rings (SSSR count). The van der Waals surface area contributed by atoms with E-state index in [1.807, 2.05) is 30.3 Å². The van der Waals surface area contributed by atoms with E-state index in [4.69, 9.17) is 5.73 Å². The summed E-state index contributed by atoms with van der Waals surface area (Å²) in [5.74, 6) is 0.346. The minimum absolute atomic E-state index is 0.234. The molecule has 0 radical (unpaired) electrons. The van der Waals surface area contributed by atoms with Gasteiger partial charge in [0.15, 0.2) is 0 Å². The van der Waals surface area contributed by atoms with Crippen LogP contribution in [0.3, 0.4) is 0 Å². The largest absolute Gasteiger partial charge is 0.367 e. The maximum absolute atomic E-state index is 11.5. The zero-order valence-electron chi connectivity index (χ0n) is 12.8. The van der Waals surface area contributed by atoms with Crippen LogP contribution in [0.15, 0.2) is 36.5 Å². The standard InChI is InChI=1S/C16H21N5O/c1-3-11(4-2)19-15-13(14(17)22)10-18-16(21-15)20-12-8-6-5-7-9-12/h5-11H,3-4H2,1-2H3,(H2,17,22)(H2,18,19,20,21). The van der Waals surface area contributed by atoms with Crippen LogP contribution in [-0.2, 0) is 0 Å². The Hall–Kier alpha value is -2.63. The number of hydrogen-bond donors (Lipinski definition) is 3. The molecule has 0 fully saturated rings. The molecule has 0 spiro atoms. The number of carbonyl (C=O) groups is 1. The number of para-hydroxylation sites is 1. The monoisotopic (exact) mass is 299 g/mol. The number of amides is 1. The van der Waals surface area contributed by atoms with Crippen molar-refractivity contribution in [2.75, 3.05) is 10.6 Å². The van der Waals surface area contributed by atoms with E-state index in [0.717, 1.165) is 18.5 Å². The molecule has 2 aromatic rings. The highest BCUT2D eigenvalue weighted by molar-refractivity contribution is 5.97. The molecule has 4 N–H and O–H groups in total. The van der Waals surface area contributed by atoms with Crippen molar-refractivity contribution in [1.29, 1.82) is 0 Å². The van der Waals surface area contributed by atoms with E-state index in [-0.39, 0.29) is 6.04 Å². The molecule has 0 aliphatic heterocycles. The third-order valence-electron chi connectivity index (χ3n) is 3.41. The smallest absolute Gasteiger partial charge is 0.254 e. The summed E-state index contributed by atoms with van der Waals surface area (Å²) in [6.45, 7) is 4.16. The molecule has 0 saturated carbocycles. The van der Waals surface area contributed by atoms with Gasteiger partial charge in [0.25, 0.3) is 5.91 Å². The van der Waals surface area contributed by atoms with Gasteiger partial charge in [0.05, 0.1) is 5.56 Å². The first-order valence-electron chi connectivity index (χ1n) is 7.39. The van der Waals surface area contributed by atoms with Crippen LogP contribution >= 0.6 is 0 Å². The van der Waals surface area contributed by atoms with Gasteiger partial charge < -0.3 is 16.4 Å². The Kier molecular flexibility index (Phi) is 5.30. The van der Waals surface area contributed by atoms with E-state index in [0.29, 0.717) is 17.3 Å². The first-order chi connectivity index (χ1) is 10.6. The molecule has 0 saturated heterocycles. The van der Waals surface area contributed by atoms with Crippen molar-refractivity contribution < 1.29 is 4.79 Å². The molecule has 0 atom stereocenters. The second-order valence-corrected chi connectivity index (χ2v) is 4.97. The Morgan fingerprint density at radius 3 is 2.50 bits per heavy atom. The first-order valence-corrected chi connectivity index (χ1v) is 7.39. The van der Waals surface area contributed by atoms with Gasteiger partial charge in [0.1, 0.15) is 5.82 Å². The molecule has 116 valence electrons. The van der Waals surface area contributed by atoms with Crippen molar-refractivity contribution in [3.63, 3.8) is 0 Å². The molecule has 1 aromatic carbocycles. The Labute approximate surface area is 130 Å². The lowest BCUT2D eigenvalue weighted by Gasteiger charge is -2.17. The second-order valence-electron chi connectivity index (χ2n) is 4.97. The lowest BCUT2D eigenvalue weighted by Crippen LogP contribution is -2.23. The Morgan fingerprint density at radius 1 is 1.23 bits per heavy atom. The summed E-state index contributed by atoms with van der Waals surface area (Å²) in [6, 6.07) is 9.84. The van der Waals surface area contributed by atoms with E-state index in [1.165, 1.54) is 6.20 Å². The van der Waals surface area contributed by atoms with Gasteiger partial charge in [-0.25, -0.2) is 4.98 Å². The molecule has 1 aromatic heterocycles. The van der Waals surface area contributed by atoms with Crippen LogP contribution in [0.25, 0.3) is 0 Å². The predicted octanol–water partition coefficient (Wildman–Crippen LogP) is 2.92. The summed E-state index contributed by atoms with van der Waals surface area (Å²) in [4.78, 5) is 20.1. The average molecular weight is 299 g/mol. The average Bonchev–Trinajstić information content (AvgIpc) is 2.53. The molecule has 6 heteroatoms. The Morgan fingerprint density at radius 2 is 1.91 bits per heavy atom. The number of nitrogens with one attached hydrogen (secondary N) is 2. The lowest BCUT2D eigenvalue weighted by molar-refractivity contribution is 0.100. The van der Waals surface area contributed by atoms with Crippen molar-refractivity contribution in [3.05, 3.63) is 42.1 Å².